The maximum Gasteiger partial charge on any atom is 0.235 e. The Morgan fingerprint density at radius 2 is 2.07 bits per heavy atom. The zero-order valence-corrected chi connectivity index (χ0v) is 17.5. The second-order valence-corrected chi connectivity index (χ2v) is 8.67. The molecule has 1 aromatic carbocycles. The predicted octanol–water partition coefficient (Wildman–Crippen LogP) is 2.15. The van der Waals surface area contributed by atoms with Crippen molar-refractivity contribution in [2.75, 3.05) is 32.6 Å². The molecule has 0 spiro atoms. The first-order valence-electron chi connectivity index (χ1n) is 9.27. The number of nitrogens with one attached hydrogen (secondary N) is 1. The number of rotatable bonds is 7. The van der Waals surface area contributed by atoms with Crippen molar-refractivity contribution in [2.45, 2.75) is 12.3 Å². The highest BCUT2D eigenvalue weighted by Gasteiger charge is 2.32. The zero-order valence-electron chi connectivity index (χ0n) is 16.6. The number of ether oxygens (including phenoxy) is 2. The van der Waals surface area contributed by atoms with Crippen molar-refractivity contribution in [3.63, 3.8) is 0 Å². The predicted molar refractivity (Wildman–Crippen MR) is 112 cm³/mol. The monoisotopic (exact) mass is 430 g/mol. The molecule has 1 saturated heterocycles. The van der Waals surface area contributed by atoms with E-state index in [0.717, 1.165) is 16.8 Å². The van der Waals surface area contributed by atoms with E-state index in [-0.39, 0.29) is 5.92 Å². The number of sulfonamides is 1. The quantitative estimate of drug-likeness (QED) is 0.607. The number of hydrogen-bond donors (Lipinski definition) is 1. The SMILES string of the molecule is C=CS(=O)(=O)N1CCC(c2cn3ncnc3c(Nc3ccc(OC)c(OC)c3)n2)C1. The second kappa shape index (κ2) is 7.92. The fourth-order valence-electron chi connectivity index (χ4n) is 3.48. The molecule has 0 aliphatic carbocycles. The van der Waals surface area contributed by atoms with Crippen LogP contribution < -0.4 is 14.8 Å². The van der Waals surface area contributed by atoms with Crippen LogP contribution in [0.1, 0.15) is 18.0 Å². The van der Waals surface area contributed by atoms with Crippen molar-refractivity contribution >= 4 is 27.2 Å². The molecular weight excluding hydrogens is 408 g/mol. The van der Waals surface area contributed by atoms with Gasteiger partial charge in [-0.2, -0.15) is 9.40 Å². The molecule has 0 amide bonds. The number of anilines is 2. The lowest BCUT2D eigenvalue weighted by atomic mass is 10.1. The summed E-state index contributed by atoms with van der Waals surface area (Å²) in [6, 6.07) is 5.44. The molecule has 158 valence electrons. The van der Waals surface area contributed by atoms with Crippen molar-refractivity contribution in [3.8, 4) is 11.5 Å². The summed E-state index contributed by atoms with van der Waals surface area (Å²) in [5.74, 6) is 1.66. The van der Waals surface area contributed by atoms with E-state index >= 15 is 0 Å². The Labute approximate surface area is 174 Å². The summed E-state index contributed by atoms with van der Waals surface area (Å²) in [4.78, 5) is 9.01. The van der Waals surface area contributed by atoms with Crippen molar-refractivity contribution in [3.05, 3.63) is 48.4 Å². The Kier molecular flexibility index (Phi) is 5.31. The van der Waals surface area contributed by atoms with Gasteiger partial charge in [0, 0.05) is 36.2 Å². The van der Waals surface area contributed by atoms with Gasteiger partial charge in [0.2, 0.25) is 10.0 Å². The summed E-state index contributed by atoms with van der Waals surface area (Å²) in [5.41, 5.74) is 2.03. The van der Waals surface area contributed by atoms with Gasteiger partial charge >= 0.3 is 0 Å². The highest BCUT2D eigenvalue weighted by molar-refractivity contribution is 7.92. The van der Waals surface area contributed by atoms with E-state index in [2.05, 4.69) is 22.0 Å². The third kappa shape index (κ3) is 3.68. The number of nitrogens with zero attached hydrogens (tertiary/aromatic N) is 5. The van der Waals surface area contributed by atoms with Gasteiger partial charge in [0.25, 0.3) is 0 Å². The van der Waals surface area contributed by atoms with Crippen LogP contribution >= 0.6 is 0 Å². The molecule has 0 saturated carbocycles. The van der Waals surface area contributed by atoms with Gasteiger partial charge in [-0.25, -0.2) is 22.9 Å². The molecule has 1 N–H and O–H groups in total. The van der Waals surface area contributed by atoms with Crippen LogP contribution in [0.25, 0.3) is 5.65 Å². The first kappa shape index (κ1) is 20.1. The normalized spacial score (nSPS) is 17.2. The van der Waals surface area contributed by atoms with Gasteiger partial charge in [-0.15, -0.1) is 0 Å². The number of hydrogen-bond acceptors (Lipinski definition) is 8. The molecule has 30 heavy (non-hydrogen) atoms. The molecule has 3 aromatic rings. The summed E-state index contributed by atoms with van der Waals surface area (Å²) in [6.07, 6.45) is 3.90. The van der Waals surface area contributed by atoms with E-state index in [9.17, 15) is 8.42 Å². The van der Waals surface area contributed by atoms with Crippen LogP contribution in [-0.2, 0) is 10.0 Å². The van der Waals surface area contributed by atoms with Crippen LogP contribution in [0, 0.1) is 0 Å². The summed E-state index contributed by atoms with van der Waals surface area (Å²) in [5, 5.41) is 8.47. The fraction of sp³-hybridized carbons (Fsp3) is 0.316. The molecule has 3 heterocycles. The van der Waals surface area contributed by atoms with Gasteiger partial charge in [-0.05, 0) is 18.6 Å². The van der Waals surface area contributed by atoms with Gasteiger partial charge in [0.1, 0.15) is 6.33 Å². The Bertz CT molecular complexity index is 1190. The summed E-state index contributed by atoms with van der Waals surface area (Å²) in [6.45, 7) is 4.17. The van der Waals surface area contributed by atoms with Crippen LogP contribution in [0.4, 0.5) is 11.5 Å². The first-order chi connectivity index (χ1) is 14.4. The lowest BCUT2D eigenvalue weighted by Gasteiger charge is -2.15. The zero-order chi connectivity index (χ0) is 21.3. The third-order valence-electron chi connectivity index (χ3n) is 5.07. The van der Waals surface area contributed by atoms with E-state index < -0.39 is 10.0 Å². The van der Waals surface area contributed by atoms with Gasteiger partial charge in [-0.1, -0.05) is 6.58 Å². The molecular formula is C19H22N6O4S. The van der Waals surface area contributed by atoms with Gasteiger partial charge < -0.3 is 14.8 Å². The smallest absolute Gasteiger partial charge is 0.235 e. The Hall–Kier alpha value is -3.18. The maximum atomic E-state index is 12.1. The van der Waals surface area contributed by atoms with Crippen molar-refractivity contribution in [2.24, 2.45) is 0 Å². The van der Waals surface area contributed by atoms with Crippen LogP contribution in [-0.4, -0.2) is 59.6 Å². The standard InChI is InChI=1S/C19H22N6O4S/c1-4-30(26,27)24-8-7-13(10-24)15-11-25-19(20-12-21-25)18(23-15)22-14-5-6-16(28-2)17(9-14)29-3/h4-6,9,11-13H,1,7-8,10H2,2-3H3,(H,22,23). The molecule has 2 aromatic heterocycles. The third-order valence-corrected chi connectivity index (χ3v) is 6.54. The van der Waals surface area contributed by atoms with Crippen molar-refractivity contribution in [1.29, 1.82) is 0 Å². The fourth-order valence-corrected chi connectivity index (χ4v) is 4.44. The molecule has 0 radical (unpaired) electrons. The highest BCUT2D eigenvalue weighted by Crippen LogP contribution is 2.33. The Morgan fingerprint density at radius 3 is 2.80 bits per heavy atom. The van der Waals surface area contributed by atoms with Crippen LogP contribution in [0.5, 0.6) is 11.5 Å². The highest BCUT2D eigenvalue weighted by atomic mass is 32.2. The van der Waals surface area contributed by atoms with E-state index in [0.29, 0.717) is 42.5 Å². The molecule has 10 nitrogen and oxygen atoms in total. The maximum absolute atomic E-state index is 12.1. The van der Waals surface area contributed by atoms with Crippen molar-refractivity contribution < 1.29 is 17.9 Å². The summed E-state index contributed by atoms with van der Waals surface area (Å²) < 4.78 is 37.9. The lowest BCUT2D eigenvalue weighted by molar-refractivity contribution is 0.355. The van der Waals surface area contributed by atoms with E-state index in [1.165, 1.54) is 10.6 Å². The average molecular weight is 430 g/mol. The second-order valence-electron chi connectivity index (χ2n) is 6.79. The summed E-state index contributed by atoms with van der Waals surface area (Å²) in [7, 11) is -0.304. The van der Waals surface area contributed by atoms with E-state index in [1.807, 2.05) is 6.07 Å². The molecule has 1 aliphatic heterocycles. The number of fused-ring (bicyclic) bond motifs is 1. The minimum atomic E-state index is -3.45. The van der Waals surface area contributed by atoms with Gasteiger partial charge in [-0.3, -0.25) is 0 Å². The topological polar surface area (TPSA) is 111 Å². The molecule has 1 atom stereocenters. The van der Waals surface area contributed by atoms with Crippen LogP contribution in [0.2, 0.25) is 0 Å². The molecule has 1 aliphatic rings. The van der Waals surface area contributed by atoms with Crippen molar-refractivity contribution in [1.82, 2.24) is 23.9 Å². The van der Waals surface area contributed by atoms with Crippen LogP contribution in [0.3, 0.4) is 0 Å². The van der Waals surface area contributed by atoms with Crippen LogP contribution in [0.15, 0.2) is 42.7 Å². The molecule has 0 bridgehead atoms. The van der Waals surface area contributed by atoms with Gasteiger partial charge in [0.05, 0.1) is 26.1 Å². The largest absolute Gasteiger partial charge is 0.493 e. The molecule has 1 unspecified atom stereocenters. The molecule has 11 heteroatoms. The number of aromatic nitrogens is 4. The Balaban J connectivity index is 1.67. The average Bonchev–Trinajstić information content (AvgIpc) is 3.43. The number of methoxy groups -OCH3 is 2. The minimum Gasteiger partial charge on any atom is -0.493 e. The van der Waals surface area contributed by atoms with E-state index in [1.54, 1.807) is 37.1 Å². The summed E-state index contributed by atoms with van der Waals surface area (Å²) >= 11 is 0. The van der Waals surface area contributed by atoms with Gasteiger partial charge in [0.15, 0.2) is 23.0 Å². The molecule has 4 rings (SSSR count). The molecule has 1 fully saturated rings. The number of benzene rings is 1. The lowest BCUT2D eigenvalue weighted by Crippen LogP contribution is -2.26. The first-order valence-corrected chi connectivity index (χ1v) is 10.8. The minimum absolute atomic E-state index is 0.0562. The van der Waals surface area contributed by atoms with E-state index in [4.69, 9.17) is 14.5 Å². The Morgan fingerprint density at radius 1 is 1.27 bits per heavy atom.